The van der Waals surface area contributed by atoms with E-state index in [9.17, 15) is 18.3 Å². The maximum Gasteiger partial charge on any atom is 0.396 e. The minimum absolute atomic E-state index is 0.125. The quantitative estimate of drug-likeness (QED) is 0.916. The van der Waals surface area contributed by atoms with Crippen molar-refractivity contribution >= 4 is 11.6 Å². The predicted octanol–water partition coefficient (Wildman–Crippen LogP) is 3.20. The van der Waals surface area contributed by atoms with Crippen molar-refractivity contribution in [3.8, 4) is 17.2 Å². The van der Waals surface area contributed by atoms with Gasteiger partial charge in [-0.05, 0) is 18.2 Å². The van der Waals surface area contributed by atoms with Gasteiger partial charge in [0.2, 0.25) is 0 Å². The molecule has 1 aromatic heterocycles. The monoisotopic (exact) mass is 278 g/mol. The van der Waals surface area contributed by atoms with E-state index in [1.807, 2.05) is 0 Å². The van der Waals surface area contributed by atoms with Crippen LogP contribution < -0.4 is 0 Å². The van der Waals surface area contributed by atoms with Gasteiger partial charge in [-0.25, -0.2) is 0 Å². The number of nitrogens with zero attached hydrogens (tertiary/aromatic N) is 2. The second-order valence-corrected chi connectivity index (χ2v) is 3.91. The Hall–Kier alpha value is -1.76. The van der Waals surface area contributed by atoms with Crippen molar-refractivity contribution in [1.29, 1.82) is 0 Å². The molecular weight excluding hydrogens is 273 g/mol. The summed E-state index contributed by atoms with van der Waals surface area (Å²) in [6.45, 7) is 0. The zero-order valence-corrected chi connectivity index (χ0v) is 9.46. The SMILES string of the molecule is Oc1cc(Cl)ccc1-c1nc(CC(F)(F)F)no1. The number of halogens is 4. The number of aromatic nitrogens is 2. The number of hydrogen-bond donors (Lipinski definition) is 1. The number of rotatable bonds is 2. The highest BCUT2D eigenvalue weighted by Gasteiger charge is 2.30. The molecule has 2 aromatic rings. The average Bonchev–Trinajstić information content (AvgIpc) is 2.63. The zero-order chi connectivity index (χ0) is 13.3. The van der Waals surface area contributed by atoms with E-state index in [0.717, 1.165) is 0 Å². The van der Waals surface area contributed by atoms with Crippen LogP contribution in [-0.2, 0) is 6.42 Å². The fraction of sp³-hybridized carbons (Fsp3) is 0.200. The molecule has 0 fully saturated rings. The molecule has 0 radical (unpaired) electrons. The summed E-state index contributed by atoms with van der Waals surface area (Å²) in [4.78, 5) is 3.56. The first-order valence-electron chi connectivity index (χ1n) is 4.73. The molecule has 18 heavy (non-hydrogen) atoms. The van der Waals surface area contributed by atoms with Gasteiger partial charge in [-0.15, -0.1) is 0 Å². The van der Waals surface area contributed by atoms with Crippen LogP contribution in [0, 0.1) is 0 Å². The van der Waals surface area contributed by atoms with Gasteiger partial charge >= 0.3 is 6.18 Å². The Kier molecular flexibility index (Phi) is 3.16. The number of hydrogen-bond acceptors (Lipinski definition) is 4. The van der Waals surface area contributed by atoms with Crippen LogP contribution in [-0.4, -0.2) is 21.4 Å². The first-order chi connectivity index (χ1) is 8.35. The van der Waals surface area contributed by atoms with Crippen LogP contribution in [0.2, 0.25) is 5.02 Å². The van der Waals surface area contributed by atoms with Crippen LogP contribution in [0.25, 0.3) is 11.5 Å². The minimum Gasteiger partial charge on any atom is -0.507 e. The number of phenolic OH excluding ortho intramolecular Hbond substituents is 1. The van der Waals surface area contributed by atoms with Crippen LogP contribution in [0.5, 0.6) is 5.75 Å². The van der Waals surface area contributed by atoms with Crippen molar-refractivity contribution < 1.29 is 22.8 Å². The number of benzene rings is 1. The highest BCUT2D eigenvalue weighted by atomic mass is 35.5. The van der Waals surface area contributed by atoms with Crippen LogP contribution in [0.1, 0.15) is 5.82 Å². The van der Waals surface area contributed by atoms with E-state index in [1.165, 1.54) is 18.2 Å². The van der Waals surface area contributed by atoms with Gasteiger partial charge in [0.25, 0.3) is 5.89 Å². The maximum atomic E-state index is 12.1. The summed E-state index contributed by atoms with van der Waals surface area (Å²) in [5.41, 5.74) is 0.125. The van der Waals surface area contributed by atoms with Crippen LogP contribution in [0.15, 0.2) is 22.7 Å². The van der Waals surface area contributed by atoms with Gasteiger partial charge in [0, 0.05) is 5.02 Å². The van der Waals surface area contributed by atoms with Gasteiger partial charge in [0.05, 0.1) is 5.56 Å². The molecule has 1 heterocycles. The molecule has 0 aliphatic carbocycles. The predicted molar refractivity (Wildman–Crippen MR) is 56.2 cm³/mol. The van der Waals surface area contributed by atoms with Crippen molar-refractivity contribution in [3.63, 3.8) is 0 Å². The van der Waals surface area contributed by atoms with E-state index in [4.69, 9.17) is 11.6 Å². The molecule has 0 aliphatic heterocycles. The van der Waals surface area contributed by atoms with Crippen molar-refractivity contribution in [2.45, 2.75) is 12.6 Å². The second-order valence-electron chi connectivity index (χ2n) is 3.47. The third-order valence-electron chi connectivity index (χ3n) is 2.02. The Morgan fingerprint density at radius 3 is 2.67 bits per heavy atom. The lowest BCUT2D eigenvalue weighted by Crippen LogP contribution is -2.12. The molecule has 0 amide bonds. The molecule has 0 unspecified atom stereocenters. The number of phenols is 1. The van der Waals surface area contributed by atoms with Gasteiger partial charge < -0.3 is 9.63 Å². The van der Waals surface area contributed by atoms with Crippen molar-refractivity contribution in [2.75, 3.05) is 0 Å². The minimum atomic E-state index is -4.41. The average molecular weight is 279 g/mol. The van der Waals surface area contributed by atoms with E-state index in [1.54, 1.807) is 0 Å². The Labute approximate surface area is 104 Å². The maximum absolute atomic E-state index is 12.1. The zero-order valence-electron chi connectivity index (χ0n) is 8.70. The van der Waals surface area contributed by atoms with Gasteiger partial charge in [0.15, 0.2) is 5.82 Å². The molecule has 4 nitrogen and oxygen atoms in total. The van der Waals surface area contributed by atoms with Crippen LogP contribution in [0.3, 0.4) is 0 Å². The summed E-state index contributed by atoms with van der Waals surface area (Å²) in [5, 5.41) is 13.0. The summed E-state index contributed by atoms with van der Waals surface area (Å²) in [6.07, 6.45) is -5.70. The van der Waals surface area contributed by atoms with E-state index in [-0.39, 0.29) is 22.2 Å². The van der Waals surface area contributed by atoms with Gasteiger partial charge in [0.1, 0.15) is 12.2 Å². The van der Waals surface area contributed by atoms with Gasteiger partial charge in [-0.3, -0.25) is 0 Å². The van der Waals surface area contributed by atoms with E-state index in [2.05, 4.69) is 14.7 Å². The lowest BCUT2D eigenvalue weighted by atomic mass is 10.2. The molecule has 0 bridgehead atoms. The smallest absolute Gasteiger partial charge is 0.396 e. The van der Waals surface area contributed by atoms with Crippen molar-refractivity contribution in [3.05, 3.63) is 29.0 Å². The first kappa shape index (κ1) is 12.7. The molecule has 8 heteroatoms. The molecule has 0 atom stereocenters. The molecular formula is C10H6ClF3N2O2. The molecule has 0 aliphatic rings. The van der Waals surface area contributed by atoms with Crippen LogP contribution >= 0.6 is 11.6 Å². The summed E-state index contributed by atoms with van der Waals surface area (Å²) >= 11 is 5.62. The van der Waals surface area contributed by atoms with Crippen LogP contribution in [0.4, 0.5) is 13.2 Å². The Balaban J connectivity index is 2.29. The number of aromatic hydroxyl groups is 1. The molecule has 1 aromatic carbocycles. The van der Waals surface area contributed by atoms with Crippen molar-refractivity contribution in [1.82, 2.24) is 10.1 Å². The summed E-state index contributed by atoms with van der Waals surface area (Å²) in [5.74, 6) is -0.931. The third kappa shape index (κ3) is 2.92. The Morgan fingerprint density at radius 1 is 1.33 bits per heavy atom. The fourth-order valence-corrected chi connectivity index (χ4v) is 1.47. The lowest BCUT2D eigenvalue weighted by Gasteiger charge is -2.00. The molecule has 2 rings (SSSR count). The molecule has 1 N–H and O–H groups in total. The molecule has 0 saturated heterocycles. The normalized spacial score (nSPS) is 11.8. The van der Waals surface area contributed by atoms with Gasteiger partial charge in [-0.2, -0.15) is 18.2 Å². The summed E-state index contributed by atoms with van der Waals surface area (Å²) < 4.78 is 40.9. The van der Waals surface area contributed by atoms with Crippen molar-refractivity contribution in [2.24, 2.45) is 0 Å². The van der Waals surface area contributed by atoms with E-state index >= 15 is 0 Å². The molecule has 0 saturated carbocycles. The van der Waals surface area contributed by atoms with E-state index < -0.39 is 18.4 Å². The lowest BCUT2D eigenvalue weighted by molar-refractivity contribution is -0.128. The topological polar surface area (TPSA) is 59.2 Å². The Morgan fingerprint density at radius 2 is 2.06 bits per heavy atom. The first-order valence-corrected chi connectivity index (χ1v) is 5.11. The van der Waals surface area contributed by atoms with Gasteiger partial charge in [-0.1, -0.05) is 16.8 Å². The third-order valence-corrected chi connectivity index (χ3v) is 2.25. The summed E-state index contributed by atoms with van der Waals surface area (Å²) in [6, 6.07) is 4.05. The highest BCUT2D eigenvalue weighted by Crippen LogP contribution is 2.31. The fourth-order valence-electron chi connectivity index (χ4n) is 1.30. The standard InChI is InChI=1S/C10H6ClF3N2O2/c11-5-1-2-6(7(17)3-5)9-15-8(16-18-9)4-10(12,13)14/h1-3,17H,4H2. The largest absolute Gasteiger partial charge is 0.507 e. The van der Waals surface area contributed by atoms with E-state index in [0.29, 0.717) is 0 Å². The summed E-state index contributed by atoms with van der Waals surface area (Å²) in [7, 11) is 0. The molecule has 96 valence electrons. The highest BCUT2D eigenvalue weighted by molar-refractivity contribution is 6.30. The Bertz CT molecular complexity index is 568. The molecule has 0 spiro atoms. The number of alkyl halides is 3. The second kappa shape index (κ2) is 4.49.